The average Bonchev–Trinajstić information content (AvgIpc) is 2.61. The van der Waals surface area contributed by atoms with Gasteiger partial charge in [0, 0.05) is 20.1 Å². The molecule has 2 aromatic rings. The van der Waals surface area contributed by atoms with Gasteiger partial charge in [-0.2, -0.15) is 13.2 Å². The van der Waals surface area contributed by atoms with Gasteiger partial charge in [-0.3, -0.25) is 4.99 Å². The van der Waals surface area contributed by atoms with E-state index in [0.29, 0.717) is 18.1 Å². The number of nitrogens with one attached hydrogen (secondary N) is 2. The summed E-state index contributed by atoms with van der Waals surface area (Å²) in [6.07, 6.45) is -4.34. The summed E-state index contributed by atoms with van der Waals surface area (Å²) in [6.45, 7) is 0.751. The molecule has 0 bridgehead atoms. The Morgan fingerprint density at radius 1 is 1.00 bits per heavy atom. The fourth-order valence-electron chi connectivity index (χ4n) is 2.23. The fraction of sp³-hybridized carbons (Fsp3) is 0.278. The van der Waals surface area contributed by atoms with Crippen molar-refractivity contribution < 1.29 is 17.9 Å². The summed E-state index contributed by atoms with van der Waals surface area (Å²) in [4.78, 5) is 4.07. The van der Waals surface area contributed by atoms with Crippen molar-refractivity contribution >= 4 is 5.96 Å². The number of nitrogens with zero attached hydrogens (tertiary/aromatic N) is 1. The molecule has 0 aliphatic heterocycles. The van der Waals surface area contributed by atoms with Crippen molar-refractivity contribution in [2.75, 3.05) is 14.2 Å². The molecule has 0 aliphatic carbocycles. The van der Waals surface area contributed by atoms with Crippen molar-refractivity contribution in [2.24, 2.45) is 4.99 Å². The van der Waals surface area contributed by atoms with Gasteiger partial charge >= 0.3 is 6.18 Å². The molecule has 0 aliphatic rings. The summed E-state index contributed by atoms with van der Waals surface area (Å²) in [6, 6.07) is 12.8. The van der Waals surface area contributed by atoms with Gasteiger partial charge in [-0.1, -0.05) is 24.3 Å². The number of benzene rings is 2. The van der Waals surface area contributed by atoms with E-state index < -0.39 is 11.7 Å². The SMILES string of the molecule is CN=C(NCc1cccc(OC)c1)NCc1cccc(C(F)(F)F)c1. The van der Waals surface area contributed by atoms with Crippen molar-refractivity contribution in [3.63, 3.8) is 0 Å². The van der Waals surface area contributed by atoms with Crippen molar-refractivity contribution in [1.29, 1.82) is 0 Å². The minimum Gasteiger partial charge on any atom is -0.497 e. The van der Waals surface area contributed by atoms with E-state index in [1.165, 1.54) is 6.07 Å². The van der Waals surface area contributed by atoms with Gasteiger partial charge < -0.3 is 15.4 Å². The molecule has 25 heavy (non-hydrogen) atoms. The first-order chi connectivity index (χ1) is 11.9. The lowest BCUT2D eigenvalue weighted by Crippen LogP contribution is -2.36. The Balaban J connectivity index is 1.92. The first-order valence-electron chi connectivity index (χ1n) is 7.66. The molecule has 0 radical (unpaired) electrons. The third kappa shape index (κ3) is 5.70. The molecule has 0 heterocycles. The van der Waals surface area contributed by atoms with Gasteiger partial charge in [0.2, 0.25) is 0 Å². The summed E-state index contributed by atoms with van der Waals surface area (Å²) in [7, 11) is 3.20. The lowest BCUT2D eigenvalue weighted by Gasteiger charge is -2.13. The van der Waals surface area contributed by atoms with Crippen LogP contribution in [0.5, 0.6) is 5.75 Å². The molecule has 134 valence electrons. The number of methoxy groups -OCH3 is 1. The average molecular weight is 351 g/mol. The zero-order chi connectivity index (χ0) is 18.3. The second-order valence-electron chi connectivity index (χ2n) is 5.33. The highest BCUT2D eigenvalue weighted by Crippen LogP contribution is 2.29. The number of rotatable bonds is 5. The van der Waals surface area contributed by atoms with Gasteiger partial charge in [0.05, 0.1) is 12.7 Å². The third-order valence-corrected chi connectivity index (χ3v) is 3.53. The van der Waals surface area contributed by atoms with E-state index >= 15 is 0 Å². The van der Waals surface area contributed by atoms with Crippen LogP contribution in [0.15, 0.2) is 53.5 Å². The Labute approximate surface area is 144 Å². The molecule has 0 fully saturated rings. The minimum absolute atomic E-state index is 0.238. The van der Waals surface area contributed by atoms with E-state index in [9.17, 15) is 13.2 Å². The Hall–Kier alpha value is -2.70. The van der Waals surface area contributed by atoms with Gasteiger partial charge in [0.25, 0.3) is 0 Å². The van der Waals surface area contributed by atoms with Crippen molar-refractivity contribution in [3.8, 4) is 5.75 Å². The van der Waals surface area contributed by atoms with E-state index in [-0.39, 0.29) is 6.54 Å². The van der Waals surface area contributed by atoms with E-state index in [0.717, 1.165) is 23.4 Å². The van der Waals surface area contributed by atoms with Crippen LogP contribution < -0.4 is 15.4 Å². The summed E-state index contributed by atoms with van der Waals surface area (Å²) in [5.74, 6) is 1.26. The molecule has 2 N–H and O–H groups in total. The highest BCUT2D eigenvalue weighted by Gasteiger charge is 2.30. The first-order valence-corrected chi connectivity index (χ1v) is 7.66. The van der Waals surface area contributed by atoms with Crippen LogP contribution in [0, 0.1) is 0 Å². The number of hydrogen-bond acceptors (Lipinski definition) is 2. The van der Waals surface area contributed by atoms with Gasteiger partial charge in [0.15, 0.2) is 5.96 Å². The van der Waals surface area contributed by atoms with Crippen LogP contribution in [0.3, 0.4) is 0 Å². The fourth-order valence-corrected chi connectivity index (χ4v) is 2.23. The highest BCUT2D eigenvalue weighted by molar-refractivity contribution is 5.79. The zero-order valence-corrected chi connectivity index (χ0v) is 14.0. The summed E-state index contributed by atoms with van der Waals surface area (Å²) in [5.41, 5.74) is 0.867. The van der Waals surface area contributed by atoms with E-state index in [2.05, 4.69) is 15.6 Å². The number of hydrogen-bond donors (Lipinski definition) is 2. The highest BCUT2D eigenvalue weighted by atomic mass is 19.4. The third-order valence-electron chi connectivity index (χ3n) is 3.53. The predicted molar refractivity (Wildman–Crippen MR) is 91.5 cm³/mol. The topological polar surface area (TPSA) is 45.7 Å². The standard InChI is InChI=1S/C18H20F3N3O/c1-22-17(24-12-14-6-4-8-16(10-14)25-2)23-11-13-5-3-7-15(9-13)18(19,20)21/h3-10H,11-12H2,1-2H3,(H2,22,23,24). The van der Waals surface area contributed by atoms with Crippen LogP contribution in [0.1, 0.15) is 16.7 Å². The second-order valence-corrected chi connectivity index (χ2v) is 5.33. The molecule has 0 spiro atoms. The van der Waals surface area contributed by atoms with Crippen LogP contribution in [0.25, 0.3) is 0 Å². The van der Waals surface area contributed by atoms with Crippen LogP contribution in [0.4, 0.5) is 13.2 Å². The second kappa shape index (κ2) is 8.41. The summed E-state index contributed by atoms with van der Waals surface area (Å²) < 4.78 is 43.4. The smallest absolute Gasteiger partial charge is 0.416 e. The van der Waals surface area contributed by atoms with E-state index in [1.54, 1.807) is 20.2 Å². The molecule has 0 amide bonds. The quantitative estimate of drug-likeness (QED) is 0.639. The molecule has 0 atom stereocenters. The van der Waals surface area contributed by atoms with E-state index in [4.69, 9.17) is 4.74 Å². The molecule has 0 saturated carbocycles. The number of ether oxygens (including phenoxy) is 1. The molecule has 4 nitrogen and oxygen atoms in total. The summed E-state index contributed by atoms with van der Waals surface area (Å²) >= 11 is 0. The summed E-state index contributed by atoms with van der Waals surface area (Å²) in [5, 5.41) is 6.12. The minimum atomic E-state index is -4.34. The number of halogens is 3. The van der Waals surface area contributed by atoms with E-state index in [1.807, 2.05) is 24.3 Å². The molecule has 2 rings (SSSR count). The maximum atomic E-state index is 12.7. The zero-order valence-electron chi connectivity index (χ0n) is 14.0. The monoisotopic (exact) mass is 351 g/mol. The van der Waals surface area contributed by atoms with Crippen molar-refractivity contribution in [2.45, 2.75) is 19.3 Å². The van der Waals surface area contributed by atoms with Crippen LogP contribution in [-0.4, -0.2) is 20.1 Å². The predicted octanol–water partition coefficient (Wildman–Crippen LogP) is 3.58. The maximum absolute atomic E-state index is 12.7. The van der Waals surface area contributed by atoms with Crippen LogP contribution in [-0.2, 0) is 19.3 Å². The van der Waals surface area contributed by atoms with Crippen molar-refractivity contribution in [1.82, 2.24) is 10.6 Å². The maximum Gasteiger partial charge on any atom is 0.416 e. The first kappa shape index (κ1) is 18.6. The van der Waals surface area contributed by atoms with Crippen LogP contribution >= 0.6 is 0 Å². The molecule has 0 saturated heterocycles. The number of guanidine groups is 1. The normalized spacial score (nSPS) is 12.0. The molecule has 0 unspecified atom stereocenters. The largest absolute Gasteiger partial charge is 0.497 e. The molecular formula is C18H20F3N3O. The van der Waals surface area contributed by atoms with Gasteiger partial charge in [-0.15, -0.1) is 0 Å². The number of aliphatic imine (C=N–C) groups is 1. The van der Waals surface area contributed by atoms with Crippen molar-refractivity contribution in [3.05, 3.63) is 65.2 Å². The van der Waals surface area contributed by atoms with Crippen LogP contribution in [0.2, 0.25) is 0 Å². The Kier molecular flexibility index (Phi) is 6.27. The lowest BCUT2D eigenvalue weighted by molar-refractivity contribution is -0.137. The molecule has 2 aromatic carbocycles. The Morgan fingerprint density at radius 2 is 1.60 bits per heavy atom. The molecule has 0 aromatic heterocycles. The lowest BCUT2D eigenvalue weighted by atomic mass is 10.1. The molecule has 7 heteroatoms. The number of alkyl halides is 3. The van der Waals surface area contributed by atoms with Gasteiger partial charge in [-0.25, -0.2) is 0 Å². The van der Waals surface area contributed by atoms with Gasteiger partial charge in [-0.05, 0) is 35.4 Å². The Morgan fingerprint density at radius 3 is 2.16 bits per heavy atom. The Bertz CT molecular complexity index is 730. The molecular weight excluding hydrogens is 331 g/mol. The van der Waals surface area contributed by atoms with Gasteiger partial charge in [0.1, 0.15) is 5.75 Å².